The summed E-state index contributed by atoms with van der Waals surface area (Å²) >= 11 is 6.01. The number of esters is 1. The molecule has 0 aliphatic rings. The Bertz CT molecular complexity index is 1340. The van der Waals surface area contributed by atoms with Gasteiger partial charge in [-0.15, -0.1) is 0 Å². The van der Waals surface area contributed by atoms with Crippen LogP contribution in [0.4, 0.5) is 0 Å². The van der Waals surface area contributed by atoms with E-state index < -0.39 is 54.4 Å². The summed E-state index contributed by atoms with van der Waals surface area (Å²) in [7, 11) is 0. The molecule has 3 amide bonds. The summed E-state index contributed by atoms with van der Waals surface area (Å²) in [5.74, 6) is -4.18. The van der Waals surface area contributed by atoms with Gasteiger partial charge in [-0.2, -0.15) is 0 Å². The molecule has 15 heteroatoms. The van der Waals surface area contributed by atoms with Gasteiger partial charge in [0.05, 0.1) is 5.56 Å². The third kappa shape index (κ3) is 15.4. The molecule has 0 bridgehead atoms. The predicted octanol–water partition coefficient (Wildman–Crippen LogP) is 1.24. The molecule has 2 rings (SSSR count). The molecule has 0 radical (unpaired) electrons. The van der Waals surface area contributed by atoms with Crippen molar-refractivity contribution in [3.8, 4) is 0 Å². The number of unbranched alkanes of at least 4 members (excludes halogenated alkanes) is 3. The molecule has 14 nitrogen and oxygen atoms in total. The van der Waals surface area contributed by atoms with Gasteiger partial charge in [0.25, 0.3) is 0 Å². The first-order valence-electron chi connectivity index (χ1n) is 15.3. The van der Waals surface area contributed by atoms with Crippen LogP contribution in [0.15, 0.2) is 59.6 Å². The number of benzene rings is 2. The van der Waals surface area contributed by atoms with E-state index in [1.54, 1.807) is 54.6 Å². The molecule has 0 unspecified atom stereocenters. The van der Waals surface area contributed by atoms with Crippen molar-refractivity contribution < 1.29 is 33.8 Å². The zero-order valence-electron chi connectivity index (χ0n) is 26.2. The summed E-state index contributed by atoms with van der Waals surface area (Å²) in [5, 5.41) is 17.9. The van der Waals surface area contributed by atoms with E-state index in [1.807, 2.05) is 0 Å². The van der Waals surface area contributed by atoms with Gasteiger partial charge in [-0.05, 0) is 62.1 Å². The number of aliphatic carboxylic acids is 1. The molecule has 0 aromatic heterocycles. The number of hydrogen-bond acceptors (Lipinski definition) is 8. The van der Waals surface area contributed by atoms with Crippen molar-refractivity contribution in [2.75, 3.05) is 19.7 Å². The Hall–Kier alpha value is -4.69. The summed E-state index contributed by atoms with van der Waals surface area (Å²) in [4.78, 5) is 68.3. The minimum absolute atomic E-state index is 0.0128. The van der Waals surface area contributed by atoms with Crippen molar-refractivity contribution >= 4 is 47.2 Å². The van der Waals surface area contributed by atoms with Gasteiger partial charge in [-0.3, -0.25) is 19.4 Å². The molecule has 256 valence electrons. The summed E-state index contributed by atoms with van der Waals surface area (Å²) < 4.78 is 5.36. The van der Waals surface area contributed by atoms with Crippen LogP contribution in [0.5, 0.6) is 0 Å². The van der Waals surface area contributed by atoms with Crippen LogP contribution in [0, 0.1) is 0 Å². The first kappa shape index (κ1) is 38.5. The van der Waals surface area contributed by atoms with E-state index in [-0.39, 0.29) is 43.8 Å². The maximum Gasteiger partial charge on any atom is 0.338 e. The Balaban J connectivity index is 2.24. The van der Waals surface area contributed by atoms with Gasteiger partial charge in [-0.1, -0.05) is 54.8 Å². The zero-order valence-corrected chi connectivity index (χ0v) is 26.9. The molecule has 3 atom stereocenters. The highest BCUT2D eigenvalue weighted by atomic mass is 35.5. The summed E-state index contributed by atoms with van der Waals surface area (Å²) in [5.41, 5.74) is 17.0. The minimum Gasteiger partial charge on any atom is -0.480 e. The fourth-order valence-corrected chi connectivity index (χ4v) is 4.55. The Morgan fingerprint density at radius 1 is 0.809 bits per heavy atom. The van der Waals surface area contributed by atoms with Crippen LogP contribution in [0.25, 0.3) is 0 Å². The van der Waals surface area contributed by atoms with E-state index in [0.717, 1.165) is 19.3 Å². The normalized spacial score (nSPS) is 12.6. The summed E-state index contributed by atoms with van der Waals surface area (Å²) in [6.07, 6.45) is 3.37. The number of nitrogens with two attached hydrogens (primary N) is 3. The van der Waals surface area contributed by atoms with Gasteiger partial charge >= 0.3 is 11.9 Å². The number of aliphatic imine (C=N–C) groups is 1. The molecule has 2 aromatic rings. The Labute approximate surface area is 278 Å². The molecule has 0 aliphatic carbocycles. The number of carboxylic acids is 1. The van der Waals surface area contributed by atoms with E-state index >= 15 is 0 Å². The fourth-order valence-electron chi connectivity index (χ4n) is 4.42. The fraction of sp³-hybridized carbons (Fsp3) is 0.438. The minimum atomic E-state index is -1.35. The predicted molar refractivity (Wildman–Crippen MR) is 177 cm³/mol. The standard InChI is InChI=1S/C32H44ClN7O7/c33-23-15-13-21(14-16-23)19-25(28(42)39-24(30(44)45)11-8-18-37-32(35)36)40-29(43)26(38-27(41)12-6-1-2-7-17-34)20-47-31(46)22-9-4-3-5-10-22/h3-5,9-10,13-16,24-26H,1-2,6-8,11-12,17-20,34H2,(H,38,41)(H,39,42)(H,40,43)(H,44,45)(H4,35,36,37)/t24-,25+,26-/m0/s1. The highest BCUT2D eigenvalue weighted by molar-refractivity contribution is 6.30. The first-order valence-corrected chi connectivity index (χ1v) is 15.7. The first-order chi connectivity index (χ1) is 22.5. The van der Waals surface area contributed by atoms with Crippen molar-refractivity contribution in [3.63, 3.8) is 0 Å². The van der Waals surface area contributed by atoms with Gasteiger partial charge in [-0.25, -0.2) is 9.59 Å². The maximum absolute atomic E-state index is 13.6. The quantitative estimate of drug-likeness (QED) is 0.0433. The number of carboxylic acid groups (broad SMARTS) is 1. The number of nitrogens with zero attached hydrogens (tertiary/aromatic N) is 1. The zero-order chi connectivity index (χ0) is 34.6. The average molecular weight is 674 g/mol. The van der Waals surface area contributed by atoms with Gasteiger partial charge < -0.3 is 43.0 Å². The van der Waals surface area contributed by atoms with E-state index in [4.69, 9.17) is 33.5 Å². The summed E-state index contributed by atoms with van der Waals surface area (Å²) in [6, 6.07) is 10.7. The lowest BCUT2D eigenvalue weighted by atomic mass is 10.0. The number of ether oxygens (including phenoxy) is 1. The monoisotopic (exact) mass is 673 g/mol. The second-order valence-electron chi connectivity index (χ2n) is 10.8. The van der Waals surface area contributed by atoms with Crippen LogP contribution in [-0.2, 0) is 30.3 Å². The molecule has 0 aliphatic heterocycles. The number of amides is 3. The molecular formula is C32H44ClN7O7. The third-order valence-corrected chi connectivity index (χ3v) is 7.20. The van der Waals surface area contributed by atoms with Crippen LogP contribution < -0.4 is 33.2 Å². The third-order valence-electron chi connectivity index (χ3n) is 6.95. The Morgan fingerprint density at radius 3 is 2.09 bits per heavy atom. The molecule has 0 fully saturated rings. The number of hydrogen-bond donors (Lipinski definition) is 7. The average Bonchev–Trinajstić information content (AvgIpc) is 3.04. The summed E-state index contributed by atoms with van der Waals surface area (Å²) in [6.45, 7) is 0.191. The highest BCUT2D eigenvalue weighted by Crippen LogP contribution is 2.12. The number of nitrogens with one attached hydrogen (secondary N) is 3. The Morgan fingerprint density at radius 2 is 1.45 bits per heavy atom. The lowest BCUT2D eigenvalue weighted by molar-refractivity contribution is -0.142. The molecular weight excluding hydrogens is 630 g/mol. The maximum atomic E-state index is 13.6. The van der Waals surface area contributed by atoms with Crippen LogP contribution in [0.2, 0.25) is 5.02 Å². The molecule has 0 saturated heterocycles. The van der Waals surface area contributed by atoms with Gasteiger partial charge in [0.2, 0.25) is 17.7 Å². The van der Waals surface area contributed by atoms with Gasteiger partial charge in [0.15, 0.2) is 5.96 Å². The van der Waals surface area contributed by atoms with E-state index in [2.05, 4.69) is 20.9 Å². The largest absolute Gasteiger partial charge is 0.480 e. The topological polar surface area (TPSA) is 241 Å². The van der Waals surface area contributed by atoms with E-state index in [0.29, 0.717) is 23.6 Å². The SMILES string of the molecule is NCCCCCCC(=O)N[C@@H](COC(=O)c1ccccc1)C(=O)N[C@H](Cc1ccc(Cl)cc1)C(=O)N[C@@H](CCCN=C(N)N)C(=O)O. The van der Waals surface area contributed by atoms with Crippen molar-refractivity contribution in [3.05, 3.63) is 70.7 Å². The van der Waals surface area contributed by atoms with Crippen LogP contribution in [0.3, 0.4) is 0 Å². The lowest BCUT2D eigenvalue weighted by Gasteiger charge is -2.25. The van der Waals surface area contributed by atoms with Crippen LogP contribution in [0.1, 0.15) is 60.9 Å². The molecule has 0 saturated carbocycles. The number of carbonyl (C=O) groups excluding carboxylic acids is 4. The second-order valence-corrected chi connectivity index (χ2v) is 11.2. The lowest BCUT2D eigenvalue weighted by Crippen LogP contribution is -2.57. The van der Waals surface area contributed by atoms with Crippen molar-refractivity contribution in [2.24, 2.45) is 22.2 Å². The van der Waals surface area contributed by atoms with Crippen LogP contribution >= 0.6 is 11.6 Å². The second kappa shape index (κ2) is 21.2. The van der Waals surface area contributed by atoms with Crippen LogP contribution in [-0.4, -0.2) is 78.5 Å². The van der Waals surface area contributed by atoms with E-state index in [9.17, 15) is 29.1 Å². The molecule has 10 N–H and O–H groups in total. The van der Waals surface area contributed by atoms with Gasteiger partial charge in [0, 0.05) is 24.4 Å². The van der Waals surface area contributed by atoms with Crippen molar-refractivity contribution in [1.29, 1.82) is 0 Å². The highest BCUT2D eigenvalue weighted by Gasteiger charge is 2.30. The molecule has 0 heterocycles. The number of guanidine groups is 1. The van der Waals surface area contributed by atoms with Crippen molar-refractivity contribution in [1.82, 2.24) is 16.0 Å². The number of rotatable bonds is 21. The molecule has 2 aromatic carbocycles. The molecule has 0 spiro atoms. The smallest absolute Gasteiger partial charge is 0.338 e. The molecule has 47 heavy (non-hydrogen) atoms. The van der Waals surface area contributed by atoms with E-state index in [1.165, 1.54) is 0 Å². The van der Waals surface area contributed by atoms with Gasteiger partial charge in [0.1, 0.15) is 24.7 Å². The van der Waals surface area contributed by atoms with Crippen molar-refractivity contribution in [2.45, 2.75) is 69.5 Å². The Kier molecular flexibility index (Phi) is 17.3. The number of halogens is 1. The number of carbonyl (C=O) groups is 5.